The van der Waals surface area contributed by atoms with E-state index in [1.165, 1.54) is 24.3 Å². The number of aromatic carboxylic acids is 3. The second-order valence-electron chi connectivity index (χ2n) is 8.38. The quantitative estimate of drug-likeness (QED) is 0.268. The third-order valence-corrected chi connectivity index (χ3v) is 6.03. The fourth-order valence-corrected chi connectivity index (χ4v) is 4.03. The van der Waals surface area contributed by atoms with Gasteiger partial charge in [0, 0.05) is 16.8 Å². The number of hydrogen-bond acceptors (Lipinski definition) is 5. The van der Waals surface area contributed by atoms with Crippen molar-refractivity contribution in [1.29, 1.82) is 0 Å². The van der Waals surface area contributed by atoms with Gasteiger partial charge in [-0.2, -0.15) is 0 Å². The fourth-order valence-electron chi connectivity index (χ4n) is 4.03. The molecule has 0 aliphatic carbocycles. The Morgan fingerprint density at radius 3 is 1.05 bits per heavy atom. The molecule has 0 aliphatic rings. The molecule has 9 nitrogen and oxygen atoms in total. The number of carbonyl (C=O) groups is 3. The molecule has 1 heterocycles. The molecule has 0 atom stereocenters. The SMILES string of the molecule is O=C(O)c1ccc(-c2ccc(-n3c(-c4ccc(C(=O)O)cc4)nnc3-c3ccc(C(=O)O)cc3)cc2)cc1. The highest BCUT2D eigenvalue weighted by atomic mass is 16.4. The number of hydrogen-bond donors (Lipinski definition) is 3. The Balaban J connectivity index is 1.59. The van der Waals surface area contributed by atoms with E-state index < -0.39 is 17.9 Å². The van der Waals surface area contributed by atoms with E-state index in [-0.39, 0.29) is 16.7 Å². The molecule has 3 N–H and O–H groups in total. The van der Waals surface area contributed by atoms with E-state index in [9.17, 15) is 24.6 Å². The Bertz CT molecular complexity index is 1580. The van der Waals surface area contributed by atoms with Crippen LogP contribution >= 0.6 is 0 Å². The molecular weight excluding hydrogens is 486 g/mol. The maximum atomic E-state index is 11.3. The Labute approximate surface area is 215 Å². The van der Waals surface area contributed by atoms with Crippen molar-refractivity contribution in [2.45, 2.75) is 0 Å². The lowest BCUT2D eigenvalue weighted by Gasteiger charge is -2.12. The summed E-state index contributed by atoms with van der Waals surface area (Å²) in [5, 5.41) is 36.4. The first-order valence-electron chi connectivity index (χ1n) is 11.4. The van der Waals surface area contributed by atoms with Crippen LogP contribution in [0.4, 0.5) is 0 Å². The maximum absolute atomic E-state index is 11.3. The van der Waals surface area contributed by atoms with Crippen molar-refractivity contribution >= 4 is 17.9 Å². The molecule has 0 fully saturated rings. The van der Waals surface area contributed by atoms with Gasteiger partial charge in [0.05, 0.1) is 16.7 Å². The summed E-state index contributed by atoms with van der Waals surface area (Å²) in [6, 6.07) is 26.6. The van der Waals surface area contributed by atoms with Crippen molar-refractivity contribution in [3.8, 4) is 39.6 Å². The van der Waals surface area contributed by atoms with Crippen molar-refractivity contribution < 1.29 is 29.7 Å². The molecule has 0 spiro atoms. The van der Waals surface area contributed by atoms with E-state index in [2.05, 4.69) is 10.2 Å². The lowest BCUT2D eigenvalue weighted by Crippen LogP contribution is -2.02. The first kappa shape index (κ1) is 24.1. The van der Waals surface area contributed by atoms with E-state index >= 15 is 0 Å². The predicted octanol–water partition coefficient (Wildman–Crippen LogP) is 5.36. The minimum absolute atomic E-state index is 0.141. The van der Waals surface area contributed by atoms with Crippen LogP contribution in [0.25, 0.3) is 39.6 Å². The van der Waals surface area contributed by atoms with Crippen LogP contribution in [-0.4, -0.2) is 48.0 Å². The molecule has 0 saturated heterocycles. The van der Waals surface area contributed by atoms with Gasteiger partial charge in [-0.25, -0.2) is 14.4 Å². The third-order valence-electron chi connectivity index (χ3n) is 6.03. The van der Waals surface area contributed by atoms with Gasteiger partial charge in [0.15, 0.2) is 11.6 Å². The second-order valence-corrected chi connectivity index (χ2v) is 8.38. The Hall–Kier alpha value is -5.57. The molecule has 5 rings (SSSR count). The van der Waals surface area contributed by atoms with Gasteiger partial charge in [-0.1, -0.05) is 48.5 Å². The van der Waals surface area contributed by atoms with Crippen molar-refractivity contribution in [1.82, 2.24) is 14.8 Å². The minimum atomic E-state index is -1.04. The minimum Gasteiger partial charge on any atom is -0.478 e. The van der Waals surface area contributed by atoms with Crippen molar-refractivity contribution in [3.63, 3.8) is 0 Å². The summed E-state index contributed by atoms with van der Waals surface area (Å²) in [6.45, 7) is 0. The summed E-state index contributed by atoms with van der Waals surface area (Å²) >= 11 is 0. The molecule has 9 heteroatoms. The van der Waals surface area contributed by atoms with Gasteiger partial charge in [-0.05, 0) is 59.7 Å². The zero-order valence-electron chi connectivity index (χ0n) is 19.6. The zero-order valence-corrected chi connectivity index (χ0v) is 19.6. The molecule has 0 radical (unpaired) electrons. The number of aromatic nitrogens is 3. The van der Waals surface area contributed by atoms with Gasteiger partial charge in [0.2, 0.25) is 0 Å². The number of nitrogens with zero attached hydrogens (tertiary/aromatic N) is 3. The number of carboxylic acids is 3. The molecular formula is C29H19N3O6. The molecule has 0 saturated carbocycles. The van der Waals surface area contributed by atoms with E-state index in [0.29, 0.717) is 22.8 Å². The topological polar surface area (TPSA) is 143 Å². The average Bonchev–Trinajstić information content (AvgIpc) is 3.38. The first-order chi connectivity index (χ1) is 18.3. The Morgan fingerprint density at radius 1 is 0.447 bits per heavy atom. The van der Waals surface area contributed by atoms with Crippen LogP contribution in [0.2, 0.25) is 0 Å². The maximum Gasteiger partial charge on any atom is 0.335 e. The third kappa shape index (κ3) is 4.63. The molecule has 186 valence electrons. The Kier molecular flexibility index (Phi) is 6.24. The van der Waals surface area contributed by atoms with Crippen LogP contribution in [0.15, 0.2) is 97.1 Å². The van der Waals surface area contributed by atoms with Crippen molar-refractivity contribution in [2.24, 2.45) is 0 Å². The zero-order chi connectivity index (χ0) is 26.8. The van der Waals surface area contributed by atoms with Crippen molar-refractivity contribution in [3.05, 3.63) is 114 Å². The van der Waals surface area contributed by atoms with Gasteiger partial charge in [0.1, 0.15) is 0 Å². The van der Waals surface area contributed by atoms with Crippen LogP contribution < -0.4 is 0 Å². The van der Waals surface area contributed by atoms with Crippen LogP contribution in [0.3, 0.4) is 0 Å². The summed E-state index contributed by atoms with van der Waals surface area (Å²) < 4.78 is 1.81. The van der Waals surface area contributed by atoms with Gasteiger partial charge in [0.25, 0.3) is 0 Å². The lowest BCUT2D eigenvalue weighted by molar-refractivity contribution is 0.0686. The average molecular weight is 505 g/mol. The van der Waals surface area contributed by atoms with Crippen molar-refractivity contribution in [2.75, 3.05) is 0 Å². The highest BCUT2D eigenvalue weighted by Gasteiger charge is 2.18. The summed E-state index contributed by atoms with van der Waals surface area (Å²) in [5.74, 6) is -2.13. The van der Waals surface area contributed by atoms with E-state index in [1.807, 2.05) is 28.8 Å². The molecule has 1 aromatic heterocycles. The lowest BCUT2D eigenvalue weighted by atomic mass is 10.0. The molecule has 0 unspecified atom stereocenters. The molecule has 4 aromatic carbocycles. The molecule has 38 heavy (non-hydrogen) atoms. The highest BCUT2D eigenvalue weighted by Crippen LogP contribution is 2.30. The van der Waals surface area contributed by atoms with E-state index in [0.717, 1.165) is 16.8 Å². The molecule has 0 aliphatic heterocycles. The van der Waals surface area contributed by atoms with Crippen LogP contribution in [0.5, 0.6) is 0 Å². The fraction of sp³-hybridized carbons (Fsp3) is 0. The number of rotatable bonds is 7. The number of benzene rings is 4. The molecule has 0 amide bonds. The smallest absolute Gasteiger partial charge is 0.335 e. The van der Waals surface area contributed by atoms with Crippen LogP contribution in [0, 0.1) is 0 Å². The first-order valence-corrected chi connectivity index (χ1v) is 11.4. The second kappa shape index (κ2) is 9.82. The van der Waals surface area contributed by atoms with Gasteiger partial charge < -0.3 is 15.3 Å². The van der Waals surface area contributed by atoms with E-state index in [1.54, 1.807) is 48.5 Å². The van der Waals surface area contributed by atoms with E-state index in [4.69, 9.17) is 5.11 Å². The summed E-state index contributed by atoms with van der Waals surface area (Å²) in [7, 11) is 0. The summed E-state index contributed by atoms with van der Waals surface area (Å²) in [5.41, 5.74) is 4.21. The summed E-state index contributed by atoms with van der Waals surface area (Å²) in [6.07, 6.45) is 0. The summed E-state index contributed by atoms with van der Waals surface area (Å²) in [4.78, 5) is 33.8. The van der Waals surface area contributed by atoms with Gasteiger partial charge in [-0.3, -0.25) is 4.57 Å². The van der Waals surface area contributed by atoms with Crippen LogP contribution in [0.1, 0.15) is 31.1 Å². The monoisotopic (exact) mass is 505 g/mol. The largest absolute Gasteiger partial charge is 0.478 e. The Morgan fingerprint density at radius 2 is 0.737 bits per heavy atom. The molecule has 0 bridgehead atoms. The van der Waals surface area contributed by atoms with Crippen LogP contribution in [-0.2, 0) is 0 Å². The predicted molar refractivity (Wildman–Crippen MR) is 139 cm³/mol. The van der Waals surface area contributed by atoms with Gasteiger partial charge in [-0.15, -0.1) is 10.2 Å². The highest BCUT2D eigenvalue weighted by molar-refractivity contribution is 5.89. The number of carboxylic acid groups (broad SMARTS) is 3. The standard InChI is InChI=1S/C29H19N3O6/c33-27(34)21-7-1-17(2-8-21)18-13-15-24(16-14-18)32-25(19-3-9-22(10-4-19)28(35)36)30-31-26(32)20-5-11-23(12-6-20)29(37)38/h1-16H,(H,33,34)(H,35,36)(H,37,38). The molecule has 5 aromatic rings. The normalized spacial score (nSPS) is 10.7. The van der Waals surface area contributed by atoms with Gasteiger partial charge >= 0.3 is 17.9 Å².